The average molecular weight is 321 g/mol. The van der Waals surface area contributed by atoms with Crippen molar-refractivity contribution >= 4 is 38.6 Å². The monoisotopic (exact) mass is 320 g/mol. The van der Waals surface area contributed by atoms with Crippen LogP contribution in [-0.2, 0) is 7.05 Å². The molecule has 0 N–H and O–H groups in total. The molecule has 90 valence electrons. The van der Waals surface area contributed by atoms with Crippen molar-refractivity contribution in [2.45, 2.75) is 10.1 Å². The maximum absolute atomic E-state index is 4.36. The largest absolute Gasteiger partial charge is 0.311 e. The van der Waals surface area contributed by atoms with Crippen LogP contribution in [0.2, 0.25) is 0 Å². The van der Waals surface area contributed by atoms with E-state index >= 15 is 0 Å². The Balaban J connectivity index is 2.11. The Hall–Kier alpha value is -1.40. The topological polar surface area (TPSA) is 43.6 Å². The molecular weight excluding hydrogens is 312 g/mol. The van der Waals surface area contributed by atoms with E-state index in [0.29, 0.717) is 0 Å². The molecule has 0 fully saturated rings. The molecule has 0 amide bonds. The third-order valence-electron chi connectivity index (χ3n) is 2.53. The van der Waals surface area contributed by atoms with E-state index in [4.69, 9.17) is 0 Å². The first-order valence-electron chi connectivity index (χ1n) is 5.30. The summed E-state index contributed by atoms with van der Waals surface area (Å²) in [4.78, 5) is 5.48. The van der Waals surface area contributed by atoms with E-state index in [1.54, 1.807) is 18.1 Å². The van der Waals surface area contributed by atoms with Gasteiger partial charge >= 0.3 is 0 Å². The summed E-state index contributed by atoms with van der Waals surface area (Å²) in [6.45, 7) is 0. The van der Waals surface area contributed by atoms with Gasteiger partial charge in [-0.1, -0.05) is 15.9 Å². The van der Waals surface area contributed by atoms with Crippen molar-refractivity contribution in [2.24, 2.45) is 7.05 Å². The van der Waals surface area contributed by atoms with E-state index in [0.717, 1.165) is 25.4 Å². The summed E-state index contributed by atoms with van der Waals surface area (Å²) < 4.78 is 2.94. The van der Waals surface area contributed by atoms with E-state index in [-0.39, 0.29) is 0 Å². The van der Waals surface area contributed by atoms with Crippen molar-refractivity contribution in [3.63, 3.8) is 0 Å². The molecule has 0 atom stereocenters. The SMILES string of the molecule is Cn1cnnc1Sc1ccnc2ccc(Br)cc12. The number of rotatable bonds is 2. The number of aryl methyl sites for hydroxylation is 1. The van der Waals surface area contributed by atoms with Gasteiger partial charge in [0, 0.05) is 28.0 Å². The number of fused-ring (bicyclic) bond motifs is 1. The molecule has 0 saturated heterocycles. The van der Waals surface area contributed by atoms with Gasteiger partial charge in [0.2, 0.25) is 0 Å². The summed E-state index contributed by atoms with van der Waals surface area (Å²) in [6.07, 6.45) is 3.51. The number of hydrogen-bond donors (Lipinski definition) is 0. The van der Waals surface area contributed by atoms with Gasteiger partial charge in [0.15, 0.2) is 5.16 Å². The normalized spacial score (nSPS) is 11.0. The molecule has 2 heterocycles. The summed E-state index contributed by atoms with van der Waals surface area (Å²) in [7, 11) is 1.93. The molecule has 0 unspecified atom stereocenters. The lowest BCUT2D eigenvalue weighted by molar-refractivity contribution is 0.789. The second kappa shape index (κ2) is 4.70. The summed E-state index contributed by atoms with van der Waals surface area (Å²) in [5.41, 5.74) is 0.977. The second-order valence-electron chi connectivity index (χ2n) is 3.80. The quantitative estimate of drug-likeness (QED) is 0.726. The van der Waals surface area contributed by atoms with Crippen LogP contribution in [0.5, 0.6) is 0 Å². The zero-order valence-corrected chi connectivity index (χ0v) is 11.9. The van der Waals surface area contributed by atoms with E-state index in [1.165, 1.54) is 0 Å². The van der Waals surface area contributed by atoms with Crippen molar-refractivity contribution in [1.29, 1.82) is 0 Å². The molecule has 3 rings (SSSR count). The van der Waals surface area contributed by atoms with Crippen LogP contribution in [0.25, 0.3) is 10.9 Å². The van der Waals surface area contributed by atoms with Gasteiger partial charge in [0.25, 0.3) is 0 Å². The Morgan fingerprint density at radius 1 is 1.28 bits per heavy atom. The summed E-state index contributed by atoms with van der Waals surface area (Å²) in [5, 5.41) is 9.94. The highest BCUT2D eigenvalue weighted by Crippen LogP contribution is 2.32. The number of hydrogen-bond acceptors (Lipinski definition) is 4. The lowest BCUT2D eigenvalue weighted by Gasteiger charge is -2.05. The first kappa shape index (κ1) is 11.7. The molecule has 0 aliphatic heterocycles. The van der Waals surface area contributed by atoms with Crippen molar-refractivity contribution in [2.75, 3.05) is 0 Å². The highest BCUT2D eigenvalue weighted by atomic mass is 79.9. The minimum Gasteiger partial charge on any atom is -0.311 e. The Morgan fingerprint density at radius 3 is 2.94 bits per heavy atom. The van der Waals surface area contributed by atoms with Gasteiger partial charge in [0.1, 0.15) is 6.33 Å². The molecule has 0 radical (unpaired) electrons. The minimum absolute atomic E-state index is 0.863. The summed E-state index contributed by atoms with van der Waals surface area (Å²) in [5.74, 6) is 0. The zero-order chi connectivity index (χ0) is 12.5. The fourth-order valence-corrected chi connectivity index (χ4v) is 2.88. The third kappa shape index (κ3) is 2.13. The highest BCUT2D eigenvalue weighted by Gasteiger charge is 2.08. The van der Waals surface area contributed by atoms with Crippen molar-refractivity contribution < 1.29 is 0 Å². The zero-order valence-electron chi connectivity index (χ0n) is 9.54. The van der Waals surface area contributed by atoms with Crippen LogP contribution >= 0.6 is 27.7 Å². The number of nitrogens with zero attached hydrogens (tertiary/aromatic N) is 4. The minimum atomic E-state index is 0.863. The van der Waals surface area contributed by atoms with E-state index < -0.39 is 0 Å². The van der Waals surface area contributed by atoms with Crippen molar-refractivity contribution in [3.8, 4) is 0 Å². The summed E-state index contributed by atoms with van der Waals surface area (Å²) in [6, 6.07) is 8.06. The molecule has 3 aromatic rings. The molecule has 0 spiro atoms. The van der Waals surface area contributed by atoms with Crippen molar-refractivity contribution in [3.05, 3.63) is 41.3 Å². The molecule has 4 nitrogen and oxygen atoms in total. The van der Waals surface area contributed by atoms with Gasteiger partial charge < -0.3 is 4.57 Å². The van der Waals surface area contributed by atoms with Gasteiger partial charge in [-0.2, -0.15) is 0 Å². The van der Waals surface area contributed by atoms with E-state index in [2.05, 4.69) is 37.2 Å². The summed E-state index contributed by atoms with van der Waals surface area (Å²) >= 11 is 5.08. The van der Waals surface area contributed by atoms with Gasteiger partial charge in [0.05, 0.1) is 5.52 Å². The number of aromatic nitrogens is 4. The highest BCUT2D eigenvalue weighted by molar-refractivity contribution is 9.10. The van der Waals surface area contributed by atoms with Crippen LogP contribution in [0, 0.1) is 0 Å². The average Bonchev–Trinajstić information content (AvgIpc) is 2.76. The fourth-order valence-electron chi connectivity index (χ4n) is 1.65. The van der Waals surface area contributed by atoms with Crippen LogP contribution < -0.4 is 0 Å². The number of halogens is 1. The van der Waals surface area contributed by atoms with E-state index in [1.807, 2.05) is 36.0 Å². The van der Waals surface area contributed by atoms with Gasteiger partial charge in [-0.15, -0.1) is 10.2 Å². The Labute approximate surface area is 117 Å². The molecule has 2 aromatic heterocycles. The lowest BCUT2D eigenvalue weighted by atomic mass is 10.2. The molecule has 1 aromatic carbocycles. The van der Waals surface area contributed by atoms with Crippen LogP contribution in [0.3, 0.4) is 0 Å². The van der Waals surface area contributed by atoms with Crippen molar-refractivity contribution in [1.82, 2.24) is 19.7 Å². The molecule has 0 aliphatic carbocycles. The smallest absolute Gasteiger partial charge is 0.195 e. The van der Waals surface area contributed by atoms with Crippen LogP contribution in [-0.4, -0.2) is 19.7 Å². The second-order valence-corrected chi connectivity index (χ2v) is 5.72. The molecule has 0 aliphatic rings. The maximum Gasteiger partial charge on any atom is 0.195 e. The standard InChI is InChI=1S/C12H9BrN4S/c1-17-7-15-16-12(17)18-11-4-5-14-10-3-2-8(13)6-9(10)11/h2-7H,1H3. The van der Waals surface area contributed by atoms with E-state index in [9.17, 15) is 0 Å². The first-order valence-corrected chi connectivity index (χ1v) is 6.91. The molecule has 6 heteroatoms. The van der Waals surface area contributed by atoms with Crippen LogP contribution in [0.4, 0.5) is 0 Å². The predicted octanol–water partition coefficient (Wildman–Crippen LogP) is 3.28. The van der Waals surface area contributed by atoms with Gasteiger partial charge in [-0.05, 0) is 36.0 Å². The Morgan fingerprint density at radius 2 is 2.17 bits per heavy atom. The fraction of sp³-hybridized carbons (Fsp3) is 0.0833. The number of pyridine rings is 1. The molecule has 0 bridgehead atoms. The third-order valence-corrected chi connectivity index (χ3v) is 4.16. The predicted molar refractivity (Wildman–Crippen MR) is 74.6 cm³/mol. The van der Waals surface area contributed by atoms with Crippen LogP contribution in [0.15, 0.2) is 51.3 Å². The Bertz CT molecular complexity index is 710. The van der Waals surface area contributed by atoms with Crippen LogP contribution in [0.1, 0.15) is 0 Å². The molecule has 0 saturated carbocycles. The van der Waals surface area contributed by atoms with Gasteiger partial charge in [-0.25, -0.2) is 0 Å². The van der Waals surface area contributed by atoms with Gasteiger partial charge in [-0.3, -0.25) is 4.98 Å². The lowest BCUT2D eigenvalue weighted by Crippen LogP contribution is -1.89. The first-order chi connectivity index (χ1) is 8.74. The molecular formula is C12H9BrN4S. The Kier molecular flexibility index (Phi) is 3.05. The maximum atomic E-state index is 4.36. The number of benzene rings is 1. The molecule has 18 heavy (non-hydrogen) atoms.